The lowest BCUT2D eigenvalue weighted by Crippen LogP contribution is -2.67. The summed E-state index contributed by atoms with van der Waals surface area (Å²) in [7, 11) is 0. The maximum atomic E-state index is 12.2. The van der Waals surface area contributed by atoms with Crippen molar-refractivity contribution in [3.05, 3.63) is 35.9 Å². The molecule has 2 amide bonds. The van der Waals surface area contributed by atoms with Gasteiger partial charge in [-0.3, -0.25) is 9.69 Å². The van der Waals surface area contributed by atoms with Crippen LogP contribution in [0.25, 0.3) is 0 Å². The highest BCUT2D eigenvalue weighted by molar-refractivity contribution is 5.93. The lowest BCUT2D eigenvalue weighted by Gasteiger charge is -2.48. The number of carbonyl (C=O) groups is 2. The molecular weight excluding hydrogens is 244 g/mol. The van der Waals surface area contributed by atoms with Crippen LogP contribution >= 0.6 is 0 Å². The van der Waals surface area contributed by atoms with E-state index in [0.29, 0.717) is 6.54 Å². The molecule has 1 N–H and O–H groups in total. The second kappa shape index (κ2) is 4.26. The second-order valence-corrected chi connectivity index (χ2v) is 5.11. The molecule has 0 bridgehead atoms. The van der Waals surface area contributed by atoms with E-state index >= 15 is 0 Å². The molecular formula is C14H16N2O3. The van der Waals surface area contributed by atoms with Crippen LogP contribution in [0.1, 0.15) is 24.9 Å². The number of rotatable bonds is 2. The first-order valence-corrected chi connectivity index (χ1v) is 6.48. The van der Waals surface area contributed by atoms with Crippen LogP contribution in [0.5, 0.6) is 0 Å². The molecule has 2 aliphatic heterocycles. The molecule has 2 saturated heterocycles. The number of amides is 2. The lowest BCUT2D eigenvalue weighted by molar-refractivity contribution is -0.156. The number of hydrogen-bond donors (Lipinski definition) is 1. The fourth-order valence-corrected chi connectivity index (χ4v) is 3.18. The van der Waals surface area contributed by atoms with Gasteiger partial charge in [0, 0.05) is 6.54 Å². The largest absolute Gasteiger partial charge is 0.465 e. The van der Waals surface area contributed by atoms with Gasteiger partial charge in [0.2, 0.25) is 5.91 Å². The van der Waals surface area contributed by atoms with E-state index in [1.54, 1.807) is 0 Å². The summed E-state index contributed by atoms with van der Waals surface area (Å²) in [6.45, 7) is 2.45. The molecule has 0 saturated carbocycles. The summed E-state index contributed by atoms with van der Waals surface area (Å²) < 4.78 is 0. The molecule has 5 heteroatoms. The molecule has 100 valence electrons. The summed E-state index contributed by atoms with van der Waals surface area (Å²) in [4.78, 5) is 26.3. The van der Waals surface area contributed by atoms with Gasteiger partial charge in [0.1, 0.15) is 6.04 Å². The summed E-state index contributed by atoms with van der Waals surface area (Å²) in [6, 6.07) is 9.42. The smallest absolute Gasteiger partial charge is 0.408 e. The summed E-state index contributed by atoms with van der Waals surface area (Å²) >= 11 is 0. The fraction of sp³-hybridized carbons (Fsp3) is 0.429. The van der Waals surface area contributed by atoms with E-state index in [-0.39, 0.29) is 18.0 Å². The van der Waals surface area contributed by atoms with Crippen molar-refractivity contribution >= 4 is 12.0 Å². The second-order valence-electron chi connectivity index (χ2n) is 5.11. The van der Waals surface area contributed by atoms with E-state index in [1.165, 1.54) is 4.90 Å². The van der Waals surface area contributed by atoms with Gasteiger partial charge in [0.05, 0.1) is 12.1 Å². The first-order chi connectivity index (χ1) is 9.11. The highest BCUT2D eigenvalue weighted by Crippen LogP contribution is 2.39. The fourth-order valence-electron chi connectivity index (χ4n) is 3.18. The number of carbonyl (C=O) groups excluding carboxylic acids is 1. The normalized spacial score (nSPS) is 26.9. The maximum Gasteiger partial charge on any atom is 0.408 e. The van der Waals surface area contributed by atoms with Crippen molar-refractivity contribution < 1.29 is 14.7 Å². The monoisotopic (exact) mass is 260 g/mol. The molecule has 2 fully saturated rings. The molecule has 0 radical (unpaired) electrons. The van der Waals surface area contributed by atoms with Gasteiger partial charge in [0.15, 0.2) is 0 Å². The Morgan fingerprint density at radius 3 is 2.68 bits per heavy atom. The van der Waals surface area contributed by atoms with Crippen molar-refractivity contribution in [3.63, 3.8) is 0 Å². The van der Waals surface area contributed by atoms with E-state index in [4.69, 9.17) is 5.11 Å². The van der Waals surface area contributed by atoms with E-state index in [2.05, 4.69) is 0 Å². The number of carboxylic acid groups (broad SMARTS) is 1. The molecule has 0 unspecified atom stereocenters. The molecule has 2 heterocycles. The van der Waals surface area contributed by atoms with Crippen LogP contribution in [-0.2, 0) is 4.79 Å². The molecule has 19 heavy (non-hydrogen) atoms. The van der Waals surface area contributed by atoms with Gasteiger partial charge in [-0.15, -0.1) is 0 Å². The maximum absolute atomic E-state index is 12.2. The Bertz CT molecular complexity index is 517. The van der Waals surface area contributed by atoms with Crippen LogP contribution in [0.3, 0.4) is 0 Å². The topological polar surface area (TPSA) is 60.9 Å². The standard InChI is InChI=1S/C14H16N2O3/c1-9(10-5-3-2-4-6-10)16-11-7-8-15(14(18)19)12(11)13(16)17/h2-6,9,11-12H,7-8H2,1H3,(H,18,19)/t9-,11-,12+/m1/s1. The van der Waals surface area contributed by atoms with Crippen molar-refractivity contribution in [3.8, 4) is 0 Å². The summed E-state index contributed by atoms with van der Waals surface area (Å²) in [6.07, 6.45) is -0.257. The summed E-state index contributed by atoms with van der Waals surface area (Å²) in [5, 5.41) is 9.05. The minimum Gasteiger partial charge on any atom is -0.465 e. The zero-order chi connectivity index (χ0) is 13.6. The number of nitrogens with zero attached hydrogens (tertiary/aromatic N) is 2. The van der Waals surface area contributed by atoms with Crippen molar-refractivity contribution in [1.82, 2.24) is 9.80 Å². The van der Waals surface area contributed by atoms with Crippen LogP contribution in [-0.4, -0.2) is 45.5 Å². The van der Waals surface area contributed by atoms with E-state index in [9.17, 15) is 9.59 Å². The highest BCUT2D eigenvalue weighted by Gasteiger charge is 2.57. The SMILES string of the molecule is C[C@H](c1ccccc1)N1C(=O)[C@@H]2[C@H]1CCN2C(=O)O. The average Bonchev–Trinajstić information content (AvgIpc) is 2.79. The van der Waals surface area contributed by atoms with Gasteiger partial charge in [-0.05, 0) is 18.9 Å². The molecule has 1 aromatic carbocycles. The van der Waals surface area contributed by atoms with Gasteiger partial charge < -0.3 is 10.0 Å². The molecule has 0 aliphatic carbocycles. The van der Waals surface area contributed by atoms with Crippen LogP contribution in [0.4, 0.5) is 4.79 Å². The van der Waals surface area contributed by atoms with Crippen molar-refractivity contribution in [2.75, 3.05) is 6.54 Å². The van der Waals surface area contributed by atoms with E-state index < -0.39 is 12.1 Å². The zero-order valence-electron chi connectivity index (χ0n) is 10.7. The lowest BCUT2D eigenvalue weighted by atomic mass is 9.91. The Kier molecular flexibility index (Phi) is 2.69. The average molecular weight is 260 g/mol. The Balaban J connectivity index is 1.79. The number of β-lactam (4-membered cyclic amide) rings is 1. The van der Waals surface area contributed by atoms with Gasteiger partial charge in [-0.25, -0.2) is 4.79 Å². The molecule has 0 spiro atoms. The van der Waals surface area contributed by atoms with Crippen molar-refractivity contribution in [2.45, 2.75) is 31.5 Å². The predicted octanol–water partition coefficient (Wildman–Crippen LogP) is 1.71. The van der Waals surface area contributed by atoms with E-state index in [0.717, 1.165) is 12.0 Å². The summed E-state index contributed by atoms with van der Waals surface area (Å²) in [5.41, 5.74) is 1.09. The molecule has 0 aromatic heterocycles. The van der Waals surface area contributed by atoms with Crippen LogP contribution < -0.4 is 0 Å². The Morgan fingerprint density at radius 1 is 1.37 bits per heavy atom. The Hall–Kier alpha value is -2.04. The van der Waals surface area contributed by atoms with Crippen LogP contribution in [0.15, 0.2) is 30.3 Å². The van der Waals surface area contributed by atoms with Gasteiger partial charge in [-0.2, -0.15) is 0 Å². The number of benzene rings is 1. The van der Waals surface area contributed by atoms with Crippen LogP contribution in [0, 0.1) is 0 Å². The molecule has 2 aliphatic rings. The Labute approximate surface area is 111 Å². The number of hydrogen-bond acceptors (Lipinski definition) is 2. The third kappa shape index (κ3) is 1.69. The first-order valence-electron chi connectivity index (χ1n) is 6.48. The molecule has 5 nitrogen and oxygen atoms in total. The number of likely N-dealkylation sites (tertiary alicyclic amines) is 2. The van der Waals surface area contributed by atoms with Gasteiger partial charge in [-0.1, -0.05) is 30.3 Å². The quantitative estimate of drug-likeness (QED) is 0.823. The molecule has 1 aromatic rings. The summed E-state index contributed by atoms with van der Waals surface area (Å²) in [5.74, 6) is -0.0683. The molecule has 3 atom stereocenters. The third-order valence-corrected chi connectivity index (χ3v) is 4.18. The third-order valence-electron chi connectivity index (χ3n) is 4.18. The highest BCUT2D eigenvalue weighted by atomic mass is 16.4. The minimum absolute atomic E-state index is 0.00342. The van der Waals surface area contributed by atoms with Gasteiger partial charge in [0.25, 0.3) is 0 Å². The minimum atomic E-state index is -0.993. The predicted molar refractivity (Wildman–Crippen MR) is 68.6 cm³/mol. The first kappa shape index (κ1) is 12.0. The number of fused-ring (bicyclic) bond motifs is 1. The van der Waals surface area contributed by atoms with Crippen molar-refractivity contribution in [1.29, 1.82) is 0 Å². The zero-order valence-corrected chi connectivity index (χ0v) is 10.7. The van der Waals surface area contributed by atoms with Crippen LogP contribution in [0.2, 0.25) is 0 Å². The van der Waals surface area contributed by atoms with E-state index in [1.807, 2.05) is 42.2 Å². The van der Waals surface area contributed by atoms with Crippen molar-refractivity contribution in [2.24, 2.45) is 0 Å². The van der Waals surface area contributed by atoms with Gasteiger partial charge >= 0.3 is 6.09 Å². The Morgan fingerprint density at radius 2 is 2.05 bits per heavy atom. The molecule has 3 rings (SSSR count).